The van der Waals surface area contributed by atoms with E-state index in [9.17, 15) is 0 Å². The molecule has 0 radical (unpaired) electrons. The van der Waals surface area contributed by atoms with Crippen LogP contribution in [0, 0.1) is 0 Å². The molecule has 1 aromatic carbocycles. The number of nitrogens with one attached hydrogen (secondary N) is 1. The molecule has 0 bridgehead atoms. The Labute approximate surface area is 124 Å². The zero-order valence-corrected chi connectivity index (χ0v) is 12.4. The zero-order chi connectivity index (χ0) is 13.9. The summed E-state index contributed by atoms with van der Waals surface area (Å²) in [6, 6.07) is 8.48. The van der Waals surface area contributed by atoms with Crippen LogP contribution in [0.25, 0.3) is 10.9 Å². The van der Waals surface area contributed by atoms with Gasteiger partial charge in [0.1, 0.15) is 0 Å². The number of hydrogen-bond donors (Lipinski definition) is 1. The fourth-order valence-corrected chi connectivity index (χ4v) is 2.99. The van der Waals surface area contributed by atoms with E-state index in [2.05, 4.69) is 23.3 Å². The Balaban J connectivity index is 1.76. The molecule has 1 N–H and O–H groups in total. The fourth-order valence-electron chi connectivity index (χ4n) is 2.78. The second-order valence-corrected chi connectivity index (χ2v) is 5.80. The van der Waals surface area contributed by atoms with E-state index in [1.165, 1.54) is 5.56 Å². The molecule has 2 atom stereocenters. The van der Waals surface area contributed by atoms with Gasteiger partial charge >= 0.3 is 0 Å². The fraction of sp³-hybridized carbons (Fsp3) is 0.438. The molecule has 0 aliphatic carbocycles. The van der Waals surface area contributed by atoms with Crippen LogP contribution >= 0.6 is 11.6 Å². The van der Waals surface area contributed by atoms with Gasteiger partial charge in [0.25, 0.3) is 0 Å². The quantitative estimate of drug-likeness (QED) is 0.939. The maximum absolute atomic E-state index is 6.22. The first kappa shape index (κ1) is 13.8. The van der Waals surface area contributed by atoms with Crippen molar-refractivity contribution in [1.29, 1.82) is 0 Å². The Morgan fingerprint density at radius 3 is 3.15 bits per heavy atom. The second-order valence-electron chi connectivity index (χ2n) is 5.39. The van der Waals surface area contributed by atoms with Gasteiger partial charge in [-0.1, -0.05) is 17.7 Å². The molecule has 1 saturated heterocycles. The number of pyridine rings is 1. The maximum atomic E-state index is 6.22. The van der Waals surface area contributed by atoms with Gasteiger partial charge in [0.15, 0.2) is 0 Å². The highest BCUT2D eigenvalue weighted by Crippen LogP contribution is 2.25. The Morgan fingerprint density at radius 2 is 2.30 bits per heavy atom. The molecule has 20 heavy (non-hydrogen) atoms. The molecular weight excluding hydrogens is 272 g/mol. The molecule has 106 valence electrons. The molecule has 1 aromatic heterocycles. The monoisotopic (exact) mass is 290 g/mol. The second kappa shape index (κ2) is 6.08. The average Bonchev–Trinajstić information content (AvgIpc) is 2.47. The molecule has 0 saturated carbocycles. The summed E-state index contributed by atoms with van der Waals surface area (Å²) < 4.78 is 5.58. The number of benzene rings is 1. The van der Waals surface area contributed by atoms with Crippen LogP contribution in [0.4, 0.5) is 0 Å². The Morgan fingerprint density at radius 1 is 1.40 bits per heavy atom. The van der Waals surface area contributed by atoms with Crippen LogP contribution in [0.2, 0.25) is 5.02 Å². The zero-order valence-electron chi connectivity index (χ0n) is 11.6. The summed E-state index contributed by atoms with van der Waals surface area (Å²) in [7, 11) is 0. The smallest absolute Gasteiger partial charge is 0.0761 e. The standard InChI is InChI=1S/C16H19ClN2O/c1-11-9-13(6-8-20-11)19-10-12-4-5-15(17)14-3-2-7-18-16(12)14/h2-5,7,11,13,19H,6,8-10H2,1H3. The van der Waals surface area contributed by atoms with E-state index < -0.39 is 0 Å². The summed E-state index contributed by atoms with van der Waals surface area (Å²) in [4.78, 5) is 4.47. The van der Waals surface area contributed by atoms with Crippen molar-refractivity contribution < 1.29 is 4.74 Å². The molecule has 1 aliphatic rings. The van der Waals surface area contributed by atoms with Crippen molar-refractivity contribution in [2.75, 3.05) is 6.61 Å². The number of fused-ring (bicyclic) bond motifs is 1. The lowest BCUT2D eigenvalue weighted by Crippen LogP contribution is -2.37. The van der Waals surface area contributed by atoms with Gasteiger partial charge < -0.3 is 10.1 Å². The van der Waals surface area contributed by atoms with Crippen molar-refractivity contribution in [3.8, 4) is 0 Å². The van der Waals surface area contributed by atoms with Crippen LogP contribution in [0.15, 0.2) is 30.5 Å². The van der Waals surface area contributed by atoms with Crippen LogP contribution in [0.3, 0.4) is 0 Å². The van der Waals surface area contributed by atoms with Crippen molar-refractivity contribution in [3.05, 3.63) is 41.0 Å². The topological polar surface area (TPSA) is 34.2 Å². The SMILES string of the molecule is CC1CC(NCc2ccc(Cl)c3cccnc23)CCO1. The predicted octanol–water partition coefficient (Wildman–Crippen LogP) is 3.55. The summed E-state index contributed by atoms with van der Waals surface area (Å²) >= 11 is 6.22. The first-order chi connectivity index (χ1) is 9.74. The number of nitrogens with zero attached hydrogens (tertiary/aromatic N) is 1. The highest BCUT2D eigenvalue weighted by molar-refractivity contribution is 6.35. The van der Waals surface area contributed by atoms with Crippen molar-refractivity contribution >= 4 is 22.5 Å². The van der Waals surface area contributed by atoms with E-state index in [0.29, 0.717) is 12.1 Å². The first-order valence-corrected chi connectivity index (χ1v) is 7.49. The maximum Gasteiger partial charge on any atom is 0.0761 e. The number of rotatable bonds is 3. The largest absolute Gasteiger partial charge is 0.378 e. The molecule has 3 rings (SSSR count). The van der Waals surface area contributed by atoms with E-state index in [1.54, 1.807) is 0 Å². The van der Waals surface area contributed by atoms with E-state index >= 15 is 0 Å². The van der Waals surface area contributed by atoms with Gasteiger partial charge in [-0.25, -0.2) is 0 Å². The molecule has 0 amide bonds. The van der Waals surface area contributed by atoms with Crippen LogP contribution < -0.4 is 5.32 Å². The third kappa shape index (κ3) is 2.95. The Hall–Kier alpha value is -1.16. The molecule has 0 spiro atoms. The lowest BCUT2D eigenvalue weighted by Gasteiger charge is -2.28. The minimum Gasteiger partial charge on any atom is -0.378 e. The van der Waals surface area contributed by atoms with Gasteiger partial charge in [-0.15, -0.1) is 0 Å². The lowest BCUT2D eigenvalue weighted by atomic mass is 10.0. The average molecular weight is 291 g/mol. The highest BCUT2D eigenvalue weighted by Gasteiger charge is 2.19. The molecule has 2 aromatic rings. The molecule has 4 heteroatoms. The van der Waals surface area contributed by atoms with Crippen molar-refractivity contribution in [2.45, 2.75) is 38.5 Å². The third-order valence-electron chi connectivity index (χ3n) is 3.87. The van der Waals surface area contributed by atoms with Gasteiger partial charge in [-0.2, -0.15) is 0 Å². The molecular formula is C16H19ClN2O. The molecule has 2 heterocycles. The van der Waals surface area contributed by atoms with Crippen LogP contribution in [-0.2, 0) is 11.3 Å². The molecule has 1 fully saturated rings. The molecule has 3 nitrogen and oxygen atoms in total. The lowest BCUT2D eigenvalue weighted by molar-refractivity contribution is 0.0130. The van der Waals surface area contributed by atoms with Crippen molar-refractivity contribution in [2.24, 2.45) is 0 Å². The van der Waals surface area contributed by atoms with E-state index in [0.717, 1.165) is 41.9 Å². The van der Waals surface area contributed by atoms with E-state index in [1.807, 2.05) is 24.4 Å². The van der Waals surface area contributed by atoms with Gasteiger partial charge in [-0.3, -0.25) is 4.98 Å². The summed E-state index contributed by atoms with van der Waals surface area (Å²) in [5.41, 5.74) is 2.19. The number of hydrogen-bond acceptors (Lipinski definition) is 3. The Bertz CT molecular complexity index is 602. The molecule has 2 unspecified atom stereocenters. The van der Waals surface area contributed by atoms with Crippen LogP contribution in [0.5, 0.6) is 0 Å². The van der Waals surface area contributed by atoms with Crippen molar-refractivity contribution in [3.63, 3.8) is 0 Å². The highest BCUT2D eigenvalue weighted by atomic mass is 35.5. The molecule has 1 aliphatic heterocycles. The van der Waals surface area contributed by atoms with Gasteiger partial charge in [0, 0.05) is 35.8 Å². The summed E-state index contributed by atoms with van der Waals surface area (Å²) in [5.74, 6) is 0. The van der Waals surface area contributed by atoms with Crippen LogP contribution in [-0.4, -0.2) is 23.7 Å². The minimum atomic E-state index is 0.348. The van der Waals surface area contributed by atoms with E-state index in [-0.39, 0.29) is 0 Å². The van der Waals surface area contributed by atoms with Gasteiger partial charge in [-0.05, 0) is 43.5 Å². The minimum absolute atomic E-state index is 0.348. The third-order valence-corrected chi connectivity index (χ3v) is 4.20. The number of aromatic nitrogens is 1. The van der Waals surface area contributed by atoms with Gasteiger partial charge in [0.05, 0.1) is 11.6 Å². The first-order valence-electron chi connectivity index (χ1n) is 7.11. The van der Waals surface area contributed by atoms with Crippen LogP contribution in [0.1, 0.15) is 25.3 Å². The Kier molecular flexibility index (Phi) is 4.20. The van der Waals surface area contributed by atoms with Gasteiger partial charge in [0.2, 0.25) is 0 Å². The number of ether oxygens (including phenoxy) is 1. The van der Waals surface area contributed by atoms with E-state index in [4.69, 9.17) is 16.3 Å². The predicted molar refractivity (Wildman–Crippen MR) is 82.0 cm³/mol. The normalized spacial score (nSPS) is 23.1. The van der Waals surface area contributed by atoms with Crippen molar-refractivity contribution in [1.82, 2.24) is 10.3 Å². The summed E-state index contributed by atoms with van der Waals surface area (Å²) in [6.07, 6.45) is 4.31. The number of halogens is 1. The summed E-state index contributed by atoms with van der Waals surface area (Å²) in [5, 5.41) is 5.40. The summed E-state index contributed by atoms with van der Waals surface area (Å²) in [6.45, 7) is 3.80.